The molecule has 1 aliphatic rings. The molecule has 0 atom stereocenters. The molecule has 4 heteroatoms. The highest BCUT2D eigenvalue weighted by molar-refractivity contribution is 5.34. The fraction of sp³-hybridized carbons (Fsp3) is 0.556. The highest BCUT2D eigenvalue weighted by Crippen LogP contribution is 2.30. The van der Waals surface area contributed by atoms with Gasteiger partial charge in [0.1, 0.15) is 5.82 Å². The lowest BCUT2D eigenvalue weighted by molar-refractivity contribution is 0.574. The summed E-state index contributed by atoms with van der Waals surface area (Å²) >= 11 is 0. The monoisotopic (exact) mass is 181 g/mol. The third-order valence-electron chi connectivity index (χ3n) is 2.21. The van der Waals surface area contributed by atoms with Crippen molar-refractivity contribution >= 4 is 5.82 Å². The van der Waals surface area contributed by atoms with Gasteiger partial charge in [0, 0.05) is 13.6 Å². The zero-order chi connectivity index (χ0) is 9.26. The molecule has 13 heavy (non-hydrogen) atoms. The van der Waals surface area contributed by atoms with Crippen molar-refractivity contribution in [2.75, 3.05) is 18.5 Å². The Hall–Kier alpha value is -1.19. The minimum atomic E-state index is -0.514. The van der Waals surface area contributed by atoms with Gasteiger partial charge in [-0.2, -0.15) is 9.37 Å². The van der Waals surface area contributed by atoms with Crippen molar-refractivity contribution in [2.45, 2.75) is 12.8 Å². The van der Waals surface area contributed by atoms with Gasteiger partial charge in [0.2, 0.25) is 5.95 Å². The lowest BCUT2D eigenvalue weighted by Crippen LogP contribution is -2.21. The molecule has 0 unspecified atom stereocenters. The number of halogens is 1. The molecule has 1 heterocycles. The first-order valence-corrected chi connectivity index (χ1v) is 4.44. The van der Waals surface area contributed by atoms with Gasteiger partial charge in [-0.15, -0.1) is 0 Å². The van der Waals surface area contributed by atoms with Gasteiger partial charge in [-0.25, -0.2) is 0 Å². The second kappa shape index (κ2) is 3.28. The summed E-state index contributed by atoms with van der Waals surface area (Å²) < 4.78 is 12.7. The summed E-state index contributed by atoms with van der Waals surface area (Å²) in [7, 11) is 1.92. The summed E-state index contributed by atoms with van der Waals surface area (Å²) in [6.45, 7) is 0.956. The summed E-state index contributed by atoms with van der Waals surface area (Å²) in [5.41, 5.74) is 0. The van der Waals surface area contributed by atoms with E-state index < -0.39 is 5.95 Å². The summed E-state index contributed by atoms with van der Waals surface area (Å²) in [4.78, 5) is 9.46. The van der Waals surface area contributed by atoms with Crippen molar-refractivity contribution in [3.05, 3.63) is 18.3 Å². The van der Waals surface area contributed by atoms with Crippen molar-refractivity contribution < 1.29 is 4.39 Å². The Morgan fingerprint density at radius 2 is 2.31 bits per heavy atom. The summed E-state index contributed by atoms with van der Waals surface area (Å²) in [6.07, 6.45) is 5.28. The van der Waals surface area contributed by atoms with Crippen molar-refractivity contribution in [1.29, 1.82) is 0 Å². The molecule has 70 valence electrons. The minimum Gasteiger partial charge on any atom is -0.358 e. The number of hydrogen-bond donors (Lipinski definition) is 0. The summed E-state index contributed by atoms with van der Waals surface area (Å²) in [5, 5.41) is 0. The molecule has 0 aliphatic heterocycles. The highest BCUT2D eigenvalue weighted by atomic mass is 19.1. The smallest absolute Gasteiger partial charge is 0.233 e. The van der Waals surface area contributed by atoms with Crippen molar-refractivity contribution in [3.8, 4) is 0 Å². The average Bonchev–Trinajstić information content (AvgIpc) is 2.88. The van der Waals surface area contributed by atoms with Crippen LogP contribution >= 0.6 is 0 Å². The predicted octanol–water partition coefficient (Wildman–Crippen LogP) is 1.46. The van der Waals surface area contributed by atoms with Crippen LogP contribution in [-0.4, -0.2) is 23.6 Å². The van der Waals surface area contributed by atoms with Crippen LogP contribution in [0.2, 0.25) is 0 Å². The van der Waals surface area contributed by atoms with E-state index in [1.165, 1.54) is 12.8 Å². The highest BCUT2D eigenvalue weighted by Gasteiger charge is 2.23. The van der Waals surface area contributed by atoms with Crippen LogP contribution in [0.15, 0.2) is 12.4 Å². The Morgan fingerprint density at radius 1 is 1.54 bits per heavy atom. The Kier molecular flexibility index (Phi) is 2.12. The van der Waals surface area contributed by atoms with E-state index in [-0.39, 0.29) is 0 Å². The SMILES string of the molecule is CN(CC1CC1)c1cncc(F)n1. The molecular weight excluding hydrogens is 169 g/mol. The van der Waals surface area contributed by atoms with Crippen molar-refractivity contribution in [1.82, 2.24) is 9.97 Å². The van der Waals surface area contributed by atoms with Crippen molar-refractivity contribution in [3.63, 3.8) is 0 Å². The second-order valence-corrected chi connectivity index (χ2v) is 3.52. The largest absolute Gasteiger partial charge is 0.358 e. The van der Waals surface area contributed by atoms with E-state index in [1.807, 2.05) is 11.9 Å². The fourth-order valence-electron chi connectivity index (χ4n) is 1.30. The normalized spacial score (nSPS) is 15.8. The van der Waals surface area contributed by atoms with Gasteiger partial charge < -0.3 is 4.90 Å². The number of rotatable bonds is 3. The molecule has 1 aromatic rings. The molecule has 1 fully saturated rings. The number of aromatic nitrogens is 2. The van der Waals surface area contributed by atoms with Crippen LogP contribution in [-0.2, 0) is 0 Å². The molecule has 3 nitrogen and oxygen atoms in total. The molecule has 2 rings (SSSR count). The summed E-state index contributed by atoms with van der Waals surface area (Å²) in [6, 6.07) is 0. The van der Waals surface area contributed by atoms with Crippen LogP contribution in [0, 0.1) is 11.9 Å². The van der Waals surface area contributed by atoms with Crippen LogP contribution in [0.5, 0.6) is 0 Å². The average molecular weight is 181 g/mol. The summed E-state index contributed by atoms with van der Waals surface area (Å²) in [5.74, 6) is 0.877. The zero-order valence-corrected chi connectivity index (χ0v) is 7.57. The molecule has 0 N–H and O–H groups in total. The van der Waals surface area contributed by atoms with Gasteiger partial charge in [-0.1, -0.05) is 0 Å². The maximum absolute atomic E-state index is 12.7. The number of anilines is 1. The lowest BCUT2D eigenvalue weighted by Gasteiger charge is -2.16. The Morgan fingerprint density at radius 3 is 2.92 bits per heavy atom. The lowest BCUT2D eigenvalue weighted by atomic mass is 10.4. The quantitative estimate of drug-likeness (QED) is 0.707. The van der Waals surface area contributed by atoms with E-state index in [4.69, 9.17) is 0 Å². The van der Waals surface area contributed by atoms with Crippen LogP contribution in [0.4, 0.5) is 10.2 Å². The Balaban J connectivity index is 2.04. The molecule has 0 bridgehead atoms. The third kappa shape index (κ3) is 2.14. The minimum absolute atomic E-state index is 0.514. The molecule has 1 aliphatic carbocycles. The number of hydrogen-bond acceptors (Lipinski definition) is 3. The van der Waals surface area contributed by atoms with Crippen LogP contribution in [0.1, 0.15) is 12.8 Å². The van der Waals surface area contributed by atoms with E-state index in [0.717, 1.165) is 18.7 Å². The maximum Gasteiger partial charge on any atom is 0.233 e. The first-order chi connectivity index (χ1) is 6.25. The molecule has 0 aromatic carbocycles. The second-order valence-electron chi connectivity index (χ2n) is 3.52. The van der Waals surface area contributed by atoms with Gasteiger partial charge in [0.05, 0.1) is 12.4 Å². The van der Waals surface area contributed by atoms with E-state index >= 15 is 0 Å². The molecule has 0 radical (unpaired) electrons. The molecule has 1 aromatic heterocycles. The van der Waals surface area contributed by atoms with E-state index in [0.29, 0.717) is 5.82 Å². The first-order valence-electron chi connectivity index (χ1n) is 4.44. The molecule has 0 spiro atoms. The molecule has 0 saturated heterocycles. The first kappa shape index (κ1) is 8.41. The van der Waals surface area contributed by atoms with Crippen LogP contribution in [0.25, 0.3) is 0 Å². The van der Waals surface area contributed by atoms with E-state index in [2.05, 4.69) is 9.97 Å². The van der Waals surface area contributed by atoms with Crippen LogP contribution in [0.3, 0.4) is 0 Å². The van der Waals surface area contributed by atoms with Gasteiger partial charge >= 0.3 is 0 Å². The predicted molar refractivity (Wildman–Crippen MR) is 48.0 cm³/mol. The molecule has 0 amide bonds. The molecule has 1 saturated carbocycles. The van der Waals surface area contributed by atoms with E-state index in [9.17, 15) is 4.39 Å². The van der Waals surface area contributed by atoms with Gasteiger partial charge in [0.15, 0.2) is 0 Å². The Labute approximate surface area is 76.6 Å². The third-order valence-corrected chi connectivity index (χ3v) is 2.21. The Bertz CT molecular complexity index is 299. The topological polar surface area (TPSA) is 29.0 Å². The molecular formula is C9H12FN3. The van der Waals surface area contributed by atoms with Gasteiger partial charge in [0.25, 0.3) is 0 Å². The number of nitrogens with zero attached hydrogens (tertiary/aromatic N) is 3. The fourth-order valence-corrected chi connectivity index (χ4v) is 1.30. The maximum atomic E-state index is 12.7. The van der Waals surface area contributed by atoms with Crippen LogP contribution < -0.4 is 4.90 Å². The zero-order valence-electron chi connectivity index (χ0n) is 7.57. The van der Waals surface area contributed by atoms with Gasteiger partial charge in [-0.05, 0) is 18.8 Å². The van der Waals surface area contributed by atoms with E-state index in [1.54, 1.807) is 6.20 Å². The van der Waals surface area contributed by atoms with Crippen molar-refractivity contribution in [2.24, 2.45) is 5.92 Å². The van der Waals surface area contributed by atoms with Gasteiger partial charge in [-0.3, -0.25) is 4.98 Å². The standard InChI is InChI=1S/C9H12FN3/c1-13(6-7-2-3-7)9-5-11-4-8(10)12-9/h4-5,7H,2-3,6H2,1H3.